The highest BCUT2D eigenvalue weighted by atomic mass is 16.3. The monoisotopic (exact) mass is 716 g/mol. The first kappa shape index (κ1) is 31.9. The van der Waals surface area contributed by atoms with Crippen molar-refractivity contribution in [2.75, 3.05) is 4.90 Å². The maximum Gasteiger partial charge on any atom is 0.161 e. The summed E-state index contributed by atoms with van der Waals surface area (Å²) in [7, 11) is 0. The Bertz CT molecular complexity index is 3140. The van der Waals surface area contributed by atoms with Crippen LogP contribution in [0.25, 0.3) is 87.8 Å². The third kappa shape index (κ3) is 5.53. The van der Waals surface area contributed by atoms with E-state index in [1.807, 2.05) is 55.2 Å². The third-order valence-electron chi connectivity index (χ3n) is 10.9. The summed E-state index contributed by atoms with van der Waals surface area (Å²) in [5.41, 5.74) is 12.6. The molecule has 0 atom stereocenters. The zero-order chi connectivity index (χ0) is 37.0. The summed E-state index contributed by atoms with van der Waals surface area (Å²) in [4.78, 5) is 15.6. The van der Waals surface area contributed by atoms with Crippen LogP contribution in [0.2, 0.25) is 0 Å². The smallest absolute Gasteiger partial charge is 0.161 e. The molecular formula is C51H32N4O. The molecule has 11 rings (SSSR count). The molecule has 0 radical (unpaired) electrons. The van der Waals surface area contributed by atoms with Crippen molar-refractivity contribution in [1.29, 1.82) is 0 Å². The van der Waals surface area contributed by atoms with Crippen LogP contribution in [0.1, 0.15) is 0 Å². The van der Waals surface area contributed by atoms with Gasteiger partial charge >= 0.3 is 0 Å². The molecule has 0 aliphatic heterocycles. The lowest BCUT2D eigenvalue weighted by Gasteiger charge is -2.26. The molecule has 4 heterocycles. The number of hydrogen-bond acceptors (Lipinski definition) is 5. The first-order valence-corrected chi connectivity index (χ1v) is 18.7. The van der Waals surface area contributed by atoms with E-state index < -0.39 is 0 Å². The van der Waals surface area contributed by atoms with E-state index in [1.165, 1.54) is 21.9 Å². The van der Waals surface area contributed by atoms with Gasteiger partial charge in [-0.15, -0.1) is 0 Å². The Labute approximate surface area is 322 Å². The van der Waals surface area contributed by atoms with Gasteiger partial charge in [0.2, 0.25) is 0 Å². The lowest BCUT2D eigenvalue weighted by Crippen LogP contribution is -2.09. The van der Waals surface area contributed by atoms with Gasteiger partial charge in [0.25, 0.3) is 0 Å². The Morgan fingerprint density at radius 2 is 0.911 bits per heavy atom. The molecule has 0 fully saturated rings. The van der Waals surface area contributed by atoms with Gasteiger partial charge in [-0.3, -0.25) is 15.0 Å². The van der Waals surface area contributed by atoms with Crippen molar-refractivity contribution in [2.24, 2.45) is 0 Å². The molecule has 262 valence electrons. The predicted molar refractivity (Wildman–Crippen MR) is 231 cm³/mol. The summed E-state index contributed by atoms with van der Waals surface area (Å²) in [5, 5.41) is 7.95. The first-order chi connectivity index (χ1) is 27.7. The number of fused-ring (bicyclic) bond motifs is 6. The second-order valence-electron chi connectivity index (χ2n) is 14.2. The number of pyridine rings is 3. The van der Waals surface area contributed by atoms with E-state index in [-0.39, 0.29) is 0 Å². The van der Waals surface area contributed by atoms with Crippen molar-refractivity contribution < 1.29 is 4.42 Å². The fraction of sp³-hybridized carbons (Fsp3) is 0. The van der Waals surface area contributed by atoms with Crippen molar-refractivity contribution >= 4 is 71.4 Å². The average molecular weight is 717 g/mol. The van der Waals surface area contributed by atoms with Crippen LogP contribution < -0.4 is 4.90 Å². The molecule has 11 aromatic rings. The fourth-order valence-corrected chi connectivity index (χ4v) is 7.95. The molecule has 0 amide bonds. The highest BCUT2D eigenvalue weighted by Crippen LogP contribution is 2.40. The Morgan fingerprint density at radius 3 is 1.59 bits per heavy atom. The Morgan fingerprint density at radius 1 is 0.393 bits per heavy atom. The van der Waals surface area contributed by atoms with Crippen LogP contribution >= 0.6 is 0 Å². The Hall–Kier alpha value is -7.63. The van der Waals surface area contributed by atoms with Crippen molar-refractivity contribution in [1.82, 2.24) is 15.0 Å². The molecule has 0 aliphatic rings. The SMILES string of the molecule is c1ccc2c(c1)oc1c(-c3ccc4cc(N(c5ccc(-c6ccc7cnccc7c6)cc5)c5ccc(-c6ccc7cnccc7c6)cc5)ccc4c3)ccnc12. The van der Waals surface area contributed by atoms with Crippen molar-refractivity contribution in [3.63, 3.8) is 0 Å². The molecule has 0 unspecified atom stereocenters. The zero-order valence-corrected chi connectivity index (χ0v) is 30.2. The van der Waals surface area contributed by atoms with Crippen LogP contribution in [-0.4, -0.2) is 15.0 Å². The van der Waals surface area contributed by atoms with E-state index >= 15 is 0 Å². The van der Waals surface area contributed by atoms with Gasteiger partial charge in [0.15, 0.2) is 5.58 Å². The van der Waals surface area contributed by atoms with Crippen molar-refractivity contribution in [3.05, 3.63) is 195 Å². The number of anilines is 3. The molecule has 56 heavy (non-hydrogen) atoms. The average Bonchev–Trinajstić information content (AvgIpc) is 3.66. The Kier molecular flexibility index (Phi) is 7.42. The molecular weight excluding hydrogens is 685 g/mol. The minimum atomic E-state index is 0.809. The standard InChI is InChI=1S/C51H32N4O/c1-2-4-49-48(3-1)50-51(56-49)47(23-26-54-50)41-8-5-38-30-46(20-15-37(38)29-41)55(44-16-11-33(12-17-44)35-6-9-42-31-52-24-21-39(42)27-35)45-18-13-34(14-19-45)36-7-10-43-32-53-25-22-40(43)28-36/h1-32H. The van der Waals surface area contributed by atoms with E-state index in [9.17, 15) is 0 Å². The highest BCUT2D eigenvalue weighted by Gasteiger charge is 2.16. The number of hydrogen-bond donors (Lipinski definition) is 0. The summed E-state index contributed by atoms with van der Waals surface area (Å²) >= 11 is 0. The first-order valence-electron chi connectivity index (χ1n) is 18.7. The number of benzene rings is 7. The number of rotatable bonds is 6. The second kappa shape index (κ2) is 13.0. The summed E-state index contributed by atoms with van der Waals surface area (Å²) in [5.74, 6) is 0. The van der Waals surface area contributed by atoms with E-state index in [1.54, 1.807) is 0 Å². The maximum atomic E-state index is 6.34. The van der Waals surface area contributed by atoms with E-state index in [0.29, 0.717) is 0 Å². The van der Waals surface area contributed by atoms with Crippen LogP contribution in [0.4, 0.5) is 17.1 Å². The number of aromatic nitrogens is 3. The van der Waals surface area contributed by atoms with Gasteiger partial charge in [0, 0.05) is 69.8 Å². The van der Waals surface area contributed by atoms with Crippen LogP contribution in [0.5, 0.6) is 0 Å². The van der Waals surface area contributed by atoms with Crippen LogP contribution in [0, 0.1) is 0 Å². The molecule has 5 nitrogen and oxygen atoms in total. The lowest BCUT2D eigenvalue weighted by atomic mass is 9.99. The van der Waals surface area contributed by atoms with Gasteiger partial charge in [-0.25, -0.2) is 0 Å². The summed E-state index contributed by atoms with van der Waals surface area (Å²) in [6.45, 7) is 0. The van der Waals surface area contributed by atoms with Gasteiger partial charge in [0.05, 0.1) is 0 Å². The molecule has 0 saturated carbocycles. The van der Waals surface area contributed by atoms with Gasteiger partial charge in [-0.1, -0.05) is 78.9 Å². The normalized spacial score (nSPS) is 11.6. The topological polar surface area (TPSA) is 55.1 Å². The molecule has 0 aliphatic carbocycles. The minimum Gasteiger partial charge on any atom is -0.454 e. The molecule has 4 aromatic heterocycles. The molecule has 0 bridgehead atoms. The summed E-state index contributed by atoms with van der Waals surface area (Å²) < 4.78 is 6.34. The maximum absolute atomic E-state index is 6.34. The molecule has 0 saturated heterocycles. The fourth-order valence-electron chi connectivity index (χ4n) is 7.95. The Balaban J connectivity index is 0.987. The van der Waals surface area contributed by atoms with Gasteiger partial charge in [0.1, 0.15) is 11.1 Å². The molecule has 7 aromatic carbocycles. The van der Waals surface area contributed by atoms with Crippen LogP contribution in [0.15, 0.2) is 199 Å². The largest absolute Gasteiger partial charge is 0.454 e. The summed E-state index contributed by atoms with van der Waals surface area (Å²) in [6.07, 6.45) is 9.38. The number of nitrogens with zero attached hydrogens (tertiary/aromatic N) is 4. The van der Waals surface area contributed by atoms with Gasteiger partial charge in [-0.05, 0) is 134 Å². The molecule has 0 N–H and O–H groups in total. The zero-order valence-electron chi connectivity index (χ0n) is 30.2. The molecule has 0 spiro atoms. The minimum absolute atomic E-state index is 0.809. The van der Waals surface area contributed by atoms with Crippen molar-refractivity contribution in [2.45, 2.75) is 0 Å². The third-order valence-corrected chi connectivity index (χ3v) is 10.9. The number of para-hydroxylation sites is 1. The van der Waals surface area contributed by atoms with Crippen LogP contribution in [0.3, 0.4) is 0 Å². The van der Waals surface area contributed by atoms with Gasteiger partial charge < -0.3 is 9.32 Å². The van der Waals surface area contributed by atoms with Gasteiger partial charge in [-0.2, -0.15) is 0 Å². The summed E-state index contributed by atoms with van der Waals surface area (Å²) in [6, 6.07) is 58.4. The quantitative estimate of drug-likeness (QED) is 0.171. The van der Waals surface area contributed by atoms with E-state index in [0.717, 1.165) is 82.9 Å². The van der Waals surface area contributed by atoms with Crippen LogP contribution in [-0.2, 0) is 0 Å². The van der Waals surface area contributed by atoms with Crippen molar-refractivity contribution in [3.8, 4) is 33.4 Å². The molecule has 5 heteroatoms. The van der Waals surface area contributed by atoms with E-state index in [4.69, 9.17) is 4.42 Å². The lowest BCUT2D eigenvalue weighted by molar-refractivity contribution is 0.669. The second-order valence-corrected chi connectivity index (χ2v) is 14.2. The van der Waals surface area contributed by atoms with E-state index in [2.05, 4.69) is 159 Å². The number of furan rings is 1. The highest BCUT2D eigenvalue weighted by molar-refractivity contribution is 6.08. The predicted octanol–water partition coefficient (Wildman–Crippen LogP) is 13.7.